The van der Waals surface area contributed by atoms with E-state index < -0.39 is 6.61 Å². The van der Waals surface area contributed by atoms with Crippen LogP contribution in [0.2, 0.25) is 0 Å². The Balaban J connectivity index is 1.75. The van der Waals surface area contributed by atoms with Crippen LogP contribution < -0.4 is 10.1 Å². The molecule has 1 aliphatic rings. The Hall–Kier alpha value is -2.43. The van der Waals surface area contributed by atoms with Gasteiger partial charge in [0.05, 0.1) is 6.04 Å². The molecule has 1 atom stereocenters. The van der Waals surface area contributed by atoms with Crippen LogP contribution in [0.1, 0.15) is 40.4 Å². The number of amides is 1. The molecule has 1 aliphatic carbocycles. The lowest BCUT2D eigenvalue weighted by Gasteiger charge is -2.19. The lowest BCUT2D eigenvalue weighted by atomic mass is 10.0. The van der Waals surface area contributed by atoms with E-state index in [1.54, 1.807) is 6.07 Å². The predicted octanol–water partition coefficient (Wildman–Crippen LogP) is 4.48. The van der Waals surface area contributed by atoms with Crippen LogP contribution >= 0.6 is 0 Å². The number of alkyl halides is 2. The summed E-state index contributed by atoms with van der Waals surface area (Å²) >= 11 is 0. The molecule has 0 spiro atoms. The maximum Gasteiger partial charge on any atom is 0.387 e. The van der Waals surface area contributed by atoms with Gasteiger partial charge in [0.2, 0.25) is 0 Å². The van der Waals surface area contributed by atoms with E-state index in [0.29, 0.717) is 11.5 Å². The second kappa shape index (κ2) is 6.99. The summed E-state index contributed by atoms with van der Waals surface area (Å²) in [7, 11) is 0. The zero-order valence-corrected chi connectivity index (χ0v) is 13.3. The first-order chi connectivity index (χ1) is 11.5. The molecule has 1 fully saturated rings. The fourth-order valence-corrected chi connectivity index (χ4v) is 2.71. The van der Waals surface area contributed by atoms with Crippen molar-refractivity contribution >= 4 is 5.91 Å². The first-order valence-corrected chi connectivity index (χ1v) is 7.95. The smallest absolute Gasteiger partial charge is 0.387 e. The fraction of sp³-hybridized carbons (Fsp3) is 0.316. The van der Waals surface area contributed by atoms with Crippen molar-refractivity contribution in [1.82, 2.24) is 5.32 Å². The van der Waals surface area contributed by atoms with Crippen LogP contribution in [0.5, 0.6) is 5.75 Å². The van der Waals surface area contributed by atoms with Crippen LogP contribution in [0.4, 0.5) is 8.78 Å². The molecule has 0 aliphatic heterocycles. The Labute approximate surface area is 139 Å². The van der Waals surface area contributed by atoms with E-state index in [1.807, 2.05) is 31.2 Å². The van der Waals surface area contributed by atoms with Gasteiger partial charge in [0, 0.05) is 5.56 Å². The highest BCUT2D eigenvalue weighted by molar-refractivity contribution is 5.94. The van der Waals surface area contributed by atoms with Gasteiger partial charge < -0.3 is 10.1 Å². The molecule has 2 aromatic rings. The molecular weight excluding hydrogens is 312 g/mol. The summed E-state index contributed by atoms with van der Waals surface area (Å²) in [5.74, 6) is 0.125. The molecule has 1 saturated carbocycles. The van der Waals surface area contributed by atoms with Crippen molar-refractivity contribution in [1.29, 1.82) is 0 Å². The average molecular weight is 331 g/mol. The van der Waals surface area contributed by atoms with Gasteiger partial charge in [-0.1, -0.05) is 35.9 Å². The van der Waals surface area contributed by atoms with Crippen LogP contribution in [0.3, 0.4) is 0 Å². The van der Waals surface area contributed by atoms with Crippen LogP contribution in [-0.4, -0.2) is 12.5 Å². The van der Waals surface area contributed by atoms with Crippen LogP contribution in [0.25, 0.3) is 0 Å². The third-order valence-electron chi connectivity index (χ3n) is 4.14. The Kier molecular flexibility index (Phi) is 4.79. The summed E-state index contributed by atoms with van der Waals surface area (Å²) in [6, 6.07) is 13.9. The van der Waals surface area contributed by atoms with Gasteiger partial charge in [-0.2, -0.15) is 8.78 Å². The van der Waals surface area contributed by atoms with Crippen molar-refractivity contribution in [3.05, 3.63) is 65.2 Å². The van der Waals surface area contributed by atoms with E-state index in [4.69, 9.17) is 0 Å². The number of benzene rings is 2. The lowest BCUT2D eigenvalue weighted by Crippen LogP contribution is -2.29. The minimum atomic E-state index is -2.91. The van der Waals surface area contributed by atoms with Crippen molar-refractivity contribution in [2.24, 2.45) is 5.92 Å². The van der Waals surface area contributed by atoms with Gasteiger partial charge in [-0.15, -0.1) is 0 Å². The monoisotopic (exact) mass is 331 g/mol. The number of hydrogen-bond donors (Lipinski definition) is 1. The topological polar surface area (TPSA) is 38.3 Å². The van der Waals surface area contributed by atoms with Crippen LogP contribution in [0.15, 0.2) is 48.5 Å². The number of halogens is 2. The van der Waals surface area contributed by atoms with Gasteiger partial charge in [-0.3, -0.25) is 4.79 Å². The standard InChI is InChI=1S/C19H19F2NO2/c1-12-5-7-13(8-6-12)17(14-9-10-14)22-18(23)15-3-2-4-16(11-15)24-19(20)21/h2-8,11,14,17,19H,9-10H2,1H3,(H,22,23). The zero-order chi connectivity index (χ0) is 17.1. The summed E-state index contributed by atoms with van der Waals surface area (Å²) in [6.45, 7) is -0.890. The van der Waals surface area contributed by atoms with Crippen LogP contribution in [-0.2, 0) is 0 Å². The van der Waals surface area contributed by atoms with Crippen molar-refractivity contribution in [2.45, 2.75) is 32.4 Å². The predicted molar refractivity (Wildman–Crippen MR) is 87.2 cm³/mol. The molecule has 0 aromatic heterocycles. The minimum absolute atomic E-state index is 0.0176. The van der Waals surface area contributed by atoms with Gasteiger partial charge in [-0.25, -0.2) is 0 Å². The zero-order valence-electron chi connectivity index (χ0n) is 13.3. The van der Waals surface area contributed by atoms with E-state index >= 15 is 0 Å². The van der Waals surface area contributed by atoms with E-state index in [9.17, 15) is 13.6 Å². The largest absolute Gasteiger partial charge is 0.435 e. The molecule has 1 N–H and O–H groups in total. The number of aryl methyl sites for hydroxylation is 1. The van der Waals surface area contributed by atoms with Gasteiger partial charge in [0.25, 0.3) is 5.91 Å². The molecule has 2 aromatic carbocycles. The van der Waals surface area contributed by atoms with Crippen molar-refractivity contribution < 1.29 is 18.3 Å². The van der Waals surface area contributed by atoms with E-state index in [1.165, 1.54) is 18.2 Å². The summed E-state index contributed by atoms with van der Waals surface area (Å²) in [6.07, 6.45) is 2.15. The second-order valence-electron chi connectivity index (χ2n) is 6.11. The summed E-state index contributed by atoms with van der Waals surface area (Å²) in [4.78, 5) is 12.5. The Morgan fingerprint density at radius 3 is 2.50 bits per heavy atom. The first-order valence-electron chi connectivity index (χ1n) is 7.95. The highest BCUT2D eigenvalue weighted by atomic mass is 19.3. The summed E-state index contributed by atoms with van der Waals surface area (Å²) < 4.78 is 29.0. The lowest BCUT2D eigenvalue weighted by molar-refractivity contribution is -0.0498. The van der Waals surface area contributed by atoms with Crippen LogP contribution in [0, 0.1) is 12.8 Å². The van der Waals surface area contributed by atoms with Gasteiger partial charge in [0.1, 0.15) is 5.75 Å². The number of nitrogens with one attached hydrogen (secondary N) is 1. The third-order valence-corrected chi connectivity index (χ3v) is 4.14. The Morgan fingerprint density at radius 2 is 1.88 bits per heavy atom. The van der Waals surface area contributed by atoms with E-state index in [2.05, 4.69) is 10.1 Å². The van der Waals surface area contributed by atoms with Crippen molar-refractivity contribution in [3.63, 3.8) is 0 Å². The molecule has 3 nitrogen and oxygen atoms in total. The Bertz CT molecular complexity index is 712. The molecule has 5 heteroatoms. The summed E-state index contributed by atoms with van der Waals surface area (Å²) in [5, 5.41) is 3.03. The highest BCUT2D eigenvalue weighted by Crippen LogP contribution is 2.41. The maximum atomic E-state index is 12.5. The maximum absolute atomic E-state index is 12.5. The Morgan fingerprint density at radius 1 is 1.17 bits per heavy atom. The minimum Gasteiger partial charge on any atom is -0.435 e. The molecule has 0 heterocycles. The molecule has 1 unspecified atom stereocenters. The molecule has 3 rings (SSSR count). The number of carbonyl (C=O) groups is 1. The quantitative estimate of drug-likeness (QED) is 0.848. The van der Waals surface area contributed by atoms with Gasteiger partial charge >= 0.3 is 6.61 Å². The molecule has 1 amide bonds. The summed E-state index contributed by atoms with van der Waals surface area (Å²) in [5.41, 5.74) is 2.54. The van der Waals surface area contributed by atoms with E-state index in [0.717, 1.165) is 24.0 Å². The number of rotatable bonds is 6. The third kappa shape index (κ3) is 4.10. The average Bonchev–Trinajstić information content (AvgIpc) is 3.38. The SMILES string of the molecule is Cc1ccc(C(NC(=O)c2cccc(OC(F)F)c2)C2CC2)cc1. The van der Waals surface area contributed by atoms with E-state index in [-0.39, 0.29) is 17.7 Å². The first kappa shape index (κ1) is 16.4. The molecule has 0 saturated heterocycles. The van der Waals surface area contributed by atoms with Crippen molar-refractivity contribution in [3.8, 4) is 5.75 Å². The molecule has 0 radical (unpaired) electrons. The second-order valence-corrected chi connectivity index (χ2v) is 6.11. The number of hydrogen-bond acceptors (Lipinski definition) is 2. The fourth-order valence-electron chi connectivity index (χ4n) is 2.71. The highest BCUT2D eigenvalue weighted by Gasteiger charge is 2.33. The van der Waals surface area contributed by atoms with Crippen molar-refractivity contribution in [2.75, 3.05) is 0 Å². The molecule has 0 bridgehead atoms. The molecular formula is C19H19F2NO2. The number of ether oxygens (including phenoxy) is 1. The normalized spacial score (nSPS) is 15.2. The molecule has 24 heavy (non-hydrogen) atoms. The molecule has 126 valence electrons. The van der Waals surface area contributed by atoms with Gasteiger partial charge in [-0.05, 0) is 49.4 Å². The number of carbonyl (C=O) groups excluding carboxylic acids is 1. The van der Waals surface area contributed by atoms with Gasteiger partial charge in [0.15, 0.2) is 0 Å².